The van der Waals surface area contributed by atoms with Crippen LogP contribution in [0, 0.1) is 0 Å². The Labute approximate surface area is 122 Å². The number of hydrogen-bond acceptors (Lipinski definition) is 2. The predicted molar refractivity (Wildman–Crippen MR) is 87.6 cm³/mol. The normalized spacial score (nSPS) is 10.1. The van der Waals surface area contributed by atoms with Crippen LogP contribution in [0.4, 0.5) is 0 Å². The number of nitrogens with zero attached hydrogens (tertiary/aromatic N) is 1. The van der Waals surface area contributed by atoms with Gasteiger partial charge in [-0.1, -0.05) is 47.5 Å². The molecule has 0 aromatic carbocycles. The first-order valence-corrected chi connectivity index (χ1v) is 8.06. The number of hydrogen-bond donors (Lipinski definition) is 1. The molecule has 0 aliphatic carbocycles. The van der Waals surface area contributed by atoms with Gasteiger partial charge >= 0.3 is 0 Å². The summed E-state index contributed by atoms with van der Waals surface area (Å²) in [7, 11) is 0. The van der Waals surface area contributed by atoms with Crippen molar-refractivity contribution >= 4 is 5.91 Å². The van der Waals surface area contributed by atoms with Crippen LogP contribution in [0.1, 0.15) is 75.1 Å². The van der Waals surface area contributed by atoms with Crippen LogP contribution in [0.3, 0.4) is 0 Å². The van der Waals surface area contributed by atoms with Crippen LogP contribution in [0.5, 0.6) is 0 Å². The molecule has 0 fully saturated rings. The molecule has 118 valence electrons. The molecule has 0 atom stereocenters. The van der Waals surface area contributed by atoms with Crippen molar-refractivity contribution in [1.29, 1.82) is 0 Å². The monoisotopic (exact) mass is 274 g/mol. The second-order valence-electron chi connectivity index (χ2n) is 5.03. The second kappa shape index (κ2) is 15.5. The molecule has 0 radical (unpaired) electrons. The third-order valence-corrected chi connectivity index (χ3v) is 2.88. The van der Waals surface area contributed by atoms with E-state index in [1.54, 1.807) is 6.92 Å². The highest BCUT2D eigenvalue weighted by Crippen LogP contribution is 2.01. The van der Waals surface area contributed by atoms with Crippen LogP contribution in [-0.2, 0) is 4.79 Å². The molecule has 0 spiro atoms. The van der Waals surface area contributed by atoms with Crippen LogP contribution < -0.4 is 5.32 Å². The highest BCUT2D eigenvalue weighted by molar-refractivity contribution is 5.73. The third kappa shape index (κ3) is 15.4. The van der Waals surface area contributed by atoms with E-state index >= 15 is 0 Å². The van der Waals surface area contributed by atoms with E-state index in [9.17, 15) is 4.79 Å². The van der Waals surface area contributed by atoms with Gasteiger partial charge in [-0.3, -0.25) is 4.79 Å². The van der Waals surface area contributed by atoms with Crippen molar-refractivity contribution in [2.75, 3.05) is 19.6 Å². The standard InChI is InChI=1S/C14H30N2O.C2H6.H2/c1-5-6-11-16(14(4)17)12-9-7-8-10-15-13(2)3;1-2;/h13,15H,5-12H2,1-4H3;1-2H3;1H. The number of unbranched alkanes of at least 4 members (excludes halogenated alkanes) is 3. The van der Waals surface area contributed by atoms with Crippen molar-refractivity contribution in [1.82, 2.24) is 10.2 Å². The van der Waals surface area contributed by atoms with E-state index in [0.717, 1.165) is 38.9 Å². The first-order chi connectivity index (χ1) is 9.07. The molecule has 1 N–H and O–H groups in total. The maximum atomic E-state index is 11.4. The molecule has 1 amide bonds. The summed E-state index contributed by atoms with van der Waals surface area (Å²) in [5.41, 5.74) is 0. The van der Waals surface area contributed by atoms with Gasteiger partial charge in [-0.15, -0.1) is 0 Å². The summed E-state index contributed by atoms with van der Waals surface area (Å²) in [5.74, 6) is 0.221. The van der Waals surface area contributed by atoms with E-state index in [-0.39, 0.29) is 7.33 Å². The Bertz CT molecular complexity index is 199. The summed E-state index contributed by atoms with van der Waals surface area (Å²) in [6.07, 6.45) is 5.81. The zero-order valence-electron chi connectivity index (χ0n) is 14.1. The molecule has 0 heterocycles. The number of carbonyl (C=O) groups excluding carboxylic acids is 1. The van der Waals surface area contributed by atoms with Gasteiger partial charge in [0.05, 0.1) is 0 Å². The minimum atomic E-state index is 0. The van der Waals surface area contributed by atoms with E-state index in [1.165, 1.54) is 12.8 Å². The van der Waals surface area contributed by atoms with Gasteiger partial charge in [-0.2, -0.15) is 0 Å². The summed E-state index contributed by atoms with van der Waals surface area (Å²) in [4.78, 5) is 13.4. The Hall–Kier alpha value is -0.570. The topological polar surface area (TPSA) is 32.3 Å². The molecule has 3 heteroatoms. The number of rotatable bonds is 10. The predicted octanol–water partition coefficient (Wildman–Crippen LogP) is 4.08. The minimum absolute atomic E-state index is 0. The molecule has 0 saturated heterocycles. The minimum Gasteiger partial charge on any atom is -0.343 e. The summed E-state index contributed by atoms with van der Waals surface area (Å²) >= 11 is 0. The van der Waals surface area contributed by atoms with Crippen molar-refractivity contribution in [2.45, 2.75) is 79.7 Å². The fourth-order valence-corrected chi connectivity index (χ4v) is 1.77. The van der Waals surface area contributed by atoms with E-state index < -0.39 is 0 Å². The van der Waals surface area contributed by atoms with Gasteiger partial charge in [0.25, 0.3) is 0 Å². The lowest BCUT2D eigenvalue weighted by Gasteiger charge is -2.20. The Balaban J connectivity index is -0.000000916. The number of amides is 1. The van der Waals surface area contributed by atoms with Crippen molar-refractivity contribution in [3.63, 3.8) is 0 Å². The molecule has 0 rings (SSSR count). The summed E-state index contributed by atoms with van der Waals surface area (Å²) in [5, 5.41) is 3.41. The van der Waals surface area contributed by atoms with Crippen LogP contribution in [0.2, 0.25) is 0 Å². The summed E-state index contributed by atoms with van der Waals surface area (Å²) in [6, 6.07) is 0.577. The molecule has 0 aliphatic heterocycles. The fraction of sp³-hybridized carbons (Fsp3) is 0.938. The van der Waals surface area contributed by atoms with Crippen LogP contribution in [0.15, 0.2) is 0 Å². The van der Waals surface area contributed by atoms with E-state index in [2.05, 4.69) is 26.1 Å². The lowest BCUT2D eigenvalue weighted by atomic mass is 10.2. The van der Waals surface area contributed by atoms with Crippen LogP contribution >= 0.6 is 0 Å². The first-order valence-electron chi connectivity index (χ1n) is 8.06. The molecule has 0 bridgehead atoms. The molecular formula is C16H38N2O. The van der Waals surface area contributed by atoms with Gasteiger partial charge in [-0.05, 0) is 25.8 Å². The Morgan fingerprint density at radius 3 is 2.16 bits per heavy atom. The molecule has 19 heavy (non-hydrogen) atoms. The van der Waals surface area contributed by atoms with Crippen molar-refractivity contribution in [3.8, 4) is 0 Å². The van der Waals surface area contributed by atoms with Crippen molar-refractivity contribution in [3.05, 3.63) is 0 Å². The Morgan fingerprint density at radius 2 is 1.68 bits per heavy atom. The smallest absolute Gasteiger partial charge is 0.219 e. The summed E-state index contributed by atoms with van der Waals surface area (Å²) in [6.45, 7) is 15.1. The second-order valence-corrected chi connectivity index (χ2v) is 5.03. The lowest BCUT2D eigenvalue weighted by molar-refractivity contribution is -0.129. The highest BCUT2D eigenvalue weighted by Gasteiger charge is 2.06. The maximum absolute atomic E-state index is 11.4. The lowest BCUT2D eigenvalue weighted by Crippen LogP contribution is -2.31. The molecule has 0 unspecified atom stereocenters. The summed E-state index contributed by atoms with van der Waals surface area (Å²) < 4.78 is 0. The zero-order chi connectivity index (χ0) is 15.1. The van der Waals surface area contributed by atoms with Crippen molar-refractivity contribution < 1.29 is 6.22 Å². The number of carbonyl (C=O) groups is 1. The average molecular weight is 274 g/mol. The molecule has 0 aromatic rings. The SMILES string of the molecule is CC.CCCCN(CCCCCNC(C)C)C(C)=O.[HH]. The molecule has 0 saturated carbocycles. The Morgan fingerprint density at radius 1 is 1.11 bits per heavy atom. The van der Waals surface area contributed by atoms with Gasteiger partial charge in [0.1, 0.15) is 0 Å². The fourth-order valence-electron chi connectivity index (χ4n) is 1.77. The van der Waals surface area contributed by atoms with Crippen molar-refractivity contribution in [2.24, 2.45) is 0 Å². The zero-order valence-corrected chi connectivity index (χ0v) is 14.1. The maximum Gasteiger partial charge on any atom is 0.219 e. The van der Waals surface area contributed by atoms with Gasteiger partial charge in [0.2, 0.25) is 5.91 Å². The van der Waals surface area contributed by atoms with E-state index in [0.29, 0.717) is 6.04 Å². The average Bonchev–Trinajstić information content (AvgIpc) is 2.38. The van der Waals surface area contributed by atoms with Gasteiger partial charge < -0.3 is 10.2 Å². The van der Waals surface area contributed by atoms with Gasteiger partial charge in [0, 0.05) is 27.5 Å². The molecule has 0 aliphatic rings. The van der Waals surface area contributed by atoms with Crippen LogP contribution in [0.25, 0.3) is 0 Å². The number of nitrogens with one attached hydrogen (secondary N) is 1. The third-order valence-electron chi connectivity index (χ3n) is 2.88. The molecule has 3 nitrogen and oxygen atoms in total. The van der Waals surface area contributed by atoms with E-state index in [4.69, 9.17) is 0 Å². The quantitative estimate of drug-likeness (QED) is 0.609. The van der Waals surface area contributed by atoms with Gasteiger partial charge in [0.15, 0.2) is 0 Å². The first kappa shape index (κ1) is 20.7. The molecule has 0 aromatic heterocycles. The van der Waals surface area contributed by atoms with E-state index in [1.807, 2.05) is 18.7 Å². The van der Waals surface area contributed by atoms with Gasteiger partial charge in [-0.25, -0.2) is 0 Å². The Kier molecular flexibility index (Phi) is 16.9. The largest absolute Gasteiger partial charge is 0.343 e. The highest BCUT2D eigenvalue weighted by atomic mass is 16.2. The van der Waals surface area contributed by atoms with Crippen LogP contribution in [-0.4, -0.2) is 36.5 Å². The molecular weight excluding hydrogens is 236 g/mol.